The van der Waals surface area contributed by atoms with Gasteiger partial charge in [-0.1, -0.05) is 13.8 Å². The lowest BCUT2D eigenvalue weighted by Gasteiger charge is -2.19. The van der Waals surface area contributed by atoms with E-state index in [0.29, 0.717) is 6.42 Å². The number of hydrogen-bond donors (Lipinski definition) is 6. The fourth-order valence-electron chi connectivity index (χ4n) is 1.62. The van der Waals surface area contributed by atoms with E-state index < -0.39 is 55.5 Å². The number of carbonyl (C=O) groups excluding carboxylic acids is 3. The van der Waals surface area contributed by atoms with Gasteiger partial charge in [-0.05, 0) is 12.3 Å². The summed E-state index contributed by atoms with van der Waals surface area (Å²) < 4.78 is 0. The molecule has 0 saturated heterocycles. The number of nitrogens with two attached hydrogens (primary N) is 1. The molecule has 2 atom stereocenters. The van der Waals surface area contributed by atoms with Crippen molar-refractivity contribution < 1.29 is 29.4 Å². The highest BCUT2D eigenvalue weighted by Gasteiger charge is 2.23. The van der Waals surface area contributed by atoms with Crippen LogP contribution in [-0.4, -0.2) is 65.7 Å². The van der Waals surface area contributed by atoms with Crippen molar-refractivity contribution >= 4 is 23.7 Å². The molecule has 0 bridgehead atoms. The molecule has 0 aromatic rings. The highest BCUT2D eigenvalue weighted by Crippen LogP contribution is 2.02. The molecule has 132 valence electrons. The molecule has 0 unspecified atom stereocenters. The van der Waals surface area contributed by atoms with Crippen molar-refractivity contribution in [3.63, 3.8) is 0 Å². The molecule has 3 amide bonds. The molecule has 0 aliphatic heterocycles. The van der Waals surface area contributed by atoms with Crippen LogP contribution in [0.25, 0.3) is 0 Å². The van der Waals surface area contributed by atoms with Crippen LogP contribution in [0.2, 0.25) is 0 Å². The summed E-state index contributed by atoms with van der Waals surface area (Å²) >= 11 is 0. The summed E-state index contributed by atoms with van der Waals surface area (Å²) in [5.41, 5.74) is 5.67. The molecule has 0 aromatic heterocycles. The van der Waals surface area contributed by atoms with E-state index >= 15 is 0 Å². The van der Waals surface area contributed by atoms with Crippen LogP contribution in [0, 0.1) is 5.92 Å². The zero-order chi connectivity index (χ0) is 18.0. The zero-order valence-corrected chi connectivity index (χ0v) is 13.2. The molecule has 0 radical (unpaired) electrons. The minimum Gasteiger partial charge on any atom is -0.480 e. The average Bonchev–Trinajstić information content (AvgIpc) is 2.46. The SMILES string of the molecule is CC(C)C[C@H](N)C(=O)N[C@@H](CO)C(=O)NCC(=O)NCC(=O)O. The molecule has 0 rings (SSSR count). The summed E-state index contributed by atoms with van der Waals surface area (Å²) in [6, 6.07) is -2.05. The maximum atomic E-state index is 11.8. The molecule has 0 aliphatic carbocycles. The Morgan fingerprint density at radius 3 is 2.13 bits per heavy atom. The fourth-order valence-corrected chi connectivity index (χ4v) is 1.62. The van der Waals surface area contributed by atoms with Gasteiger partial charge in [-0.15, -0.1) is 0 Å². The molecule has 0 spiro atoms. The number of aliphatic carboxylic acids is 1. The van der Waals surface area contributed by atoms with E-state index in [0.717, 1.165) is 0 Å². The van der Waals surface area contributed by atoms with Gasteiger partial charge in [0.25, 0.3) is 0 Å². The van der Waals surface area contributed by atoms with Crippen LogP contribution in [0.3, 0.4) is 0 Å². The summed E-state index contributed by atoms with van der Waals surface area (Å²) in [4.78, 5) is 45.1. The molecule has 7 N–H and O–H groups in total. The van der Waals surface area contributed by atoms with Crippen molar-refractivity contribution in [2.24, 2.45) is 11.7 Å². The Labute approximate surface area is 133 Å². The Hall–Kier alpha value is -2.20. The zero-order valence-electron chi connectivity index (χ0n) is 13.2. The fraction of sp³-hybridized carbons (Fsp3) is 0.692. The summed E-state index contributed by atoms with van der Waals surface area (Å²) in [6.45, 7) is 2.07. The van der Waals surface area contributed by atoms with Crippen molar-refractivity contribution in [1.82, 2.24) is 16.0 Å². The molecule has 0 heterocycles. The lowest BCUT2D eigenvalue weighted by Crippen LogP contribution is -2.54. The number of rotatable bonds is 10. The number of aliphatic hydroxyl groups is 1. The largest absolute Gasteiger partial charge is 0.480 e. The number of carboxylic acid groups (broad SMARTS) is 1. The second kappa shape index (κ2) is 10.5. The smallest absolute Gasteiger partial charge is 0.322 e. The van der Waals surface area contributed by atoms with Gasteiger partial charge < -0.3 is 31.9 Å². The molecule has 10 heteroatoms. The number of nitrogens with one attached hydrogen (secondary N) is 3. The first kappa shape index (κ1) is 20.8. The van der Waals surface area contributed by atoms with Crippen LogP contribution in [-0.2, 0) is 19.2 Å². The van der Waals surface area contributed by atoms with E-state index in [-0.39, 0.29) is 5.92 Å². The summed E-state index contributed by atoms with van der Waals surface area (Å²) in [5.74, 6) is -3.09. The molecular weight excluding hydrogens is 308 g/mol. The van der Waals surface area contributed by atoms with Gasteiger partial charge >= 0.3 is 5.97 Å². The molecule has 0 aromatic carbocycles. The highest BCUT2D eigenvalue weighted by molar-refractivity contribution is 5.92. The third-order valence-corrected chi connectivity index (χ3v) is 2.74. The normalized spacial score (nSPS) is 13.1. The van der Waals surface area contributed by atoms with Crippen molar-refractivity contribution in [3.8, 4) is 0 Å². The van der Waals surface area contributed by atoms with Crippen LogP contribution < -0.4 is 21.7 Å². The van der Waals surface area contributed by atoms with Crippen molar-refractivity contribution in [1.29, 1.82) is 0 Å². The summed E-state index contributed by atoms with van der Waals surface area (Å²) in [7, 11) is 0. The van der Waals surface area contributed by atoms with Crippen LogP contribution >= 0.6 is 0 Å². The molecular formula is C13H24N4O6. The Balaban J connectivity index is 4.33. The summed E-state index contributed by atoms with van der Waals surface area (Å²) in [6.07, 6.45) is 0.420. The van der Waals surface area contributed by atoms with Gasteiger partial charge in [0.1, 0.15) is 12.6 Å². The molecule has 0 aliphatic rings. The van der Waals surface area contributed by atoms with E-state index in [1.54, 1.807) is 0 Å². The first-order valence-electron chi connectivity index (χ1n) is 7.10. The molecule has 0 fully saturated rings. The van der Waals surface area contributed by atoms with E-state index in [1.165, 1.54) is 0 Å². The Bertz CT molecular complexity index is 440. The third-order valence-electron chi connectivity index (χ3n) is 2.74. The van der Waals surface area contributed by atoms with E-state index in [4.69, 9.17) is 15.9 Å². The maximum absolute atomic E-state index is 11.8. The minimum atomic E-state index is -1.24. The van der Waals surface area contributed by atoms with Crippen LogP contribution in [0.1, 0.15) is 20.3 Å². The Kier molecular flexibility index (Phi) is 9.51. The average molecular weight is 332 g/mol. The van der Waals surface area contributed by atoms with E-state index in [2.05, 4.69) is 16.0 Å². The topological polar surface area (TPSA) is 171 Å². The van der Waals surface area contributed by atoms with E-state index in [9.17, 15) is 19.2 Å². The van der Waals surface area contributed by atoms with Gasteiger partial charge in [-0.25, -0.2) is 0 Å². The van der Waals surface area contributed by atoms with Gasteiger partial charge in [-0.2, -0.15) is 0 Å². The van der Waals surface area contributed by atoms with E-state index in [1.807, 2.05) is 13.8 Å². The summed E-state index contributed by atoms with van der Waals surface area (Å²) in [5, 5.41) is 24.1. The monoisotopic (exact) mass is 332 g/mol. The number of carboxylic acids is 1. The second-order valence-corrected chi connectivity index (χ2v) is 5.37. The lowest BCUT2D eigenvalue weighted by atomic mass is 10.0. The van der Waals surface area contributed by atoms with Gasteiger partial charge in [0.15, 0.2) is 0 Å². The molecule has 0 saturated carbocycles. The first-order valence-corrected chi connectivity index (χ1v) is 7.10. The van der Waals surface area contributed by atoms with Gasteiger partial charge in [0, 0.05) is 0 Å². The number of aliphatic hydroxyl groups excluding tert-OH is 1. The van der Waals surface area contributed by atoms with Crippen molar-refractivity contribution in [3.05, 3.63) is 0 Å². The minimum absolute atomic E-state index is 0.190. The van der Waals surface area contributed by atoms with Crippen LogP contribution in [0.4, 0.5) is 0 Å². The van der Waals surface area contributed by atoms with Gasteiger partial charge in [0.05, 0.1) is 19.2 Å². The first-order chi connectivity index (χ1) is 10.7. The highest BCUT2D eigenvalue weighted by atomic mass is 16.4. The predicted molar refractivity (Wildman–Crippen MR) is 80.1 cm³/mol. The standard InChI is InChI=1S/C13H24N4O6/c1-7(2)3-8(14)12(22)17-9(6-18)13(23)16-4-10(19)15-5-11(20)21/h7-9,18H,3-6,14H2,1-2H3,(H,15,19)(H,16,23)(H,17,22)(H,20,21)/t8-,9-/m0/s1. The van der Waals surface area contributed by atoms with Crippen molar-refractivity contribution in [2.45, 2.75) is 32.4 Å². The predicted octanol–water partition coefficient (Wildman–Crippen LogP) is -2.85. The molecule has 23 heavy (non-hydrogen) atoms. The molecule has 10 nitrogen and oxygen atoms in total. The van der Waals surface area contributed by atoms with Gasteiger partial charge in [-0.3, -0.25) is 19.2 Å². The Morgan fingerprint density at radius 1 is 1.04 bits per heavy atom. The maximum Gasteiger partial charge on any atom is 0.322 e. The number of carbonyl (C=O) groups is 4. The van der Waals surface area contributed by atoms with Gasteiger partial charge in [0.2, 0.25) is 17.7 Å². The quantitative estimate of drug-likeness (QED) is 0.250. The second-order valence-electron chi connectivity index (χ2n) is 5.37. The Morgan fingerprint density at radius 2 is 1.65 bits per heavy atom. The third kappa shape index (κ3) is 9.42. The van der Waals surface area contributed by atoms with Crippen LogP contribution in [0.15, 0.2) is 0 Å². The van der Waals surface area contributed by atoms with Crippen molar-refractivity contribution in [2.75, 3.05) is 19.7 Å². The number of amides is 3. The van der Waals surface area contributed by atoms with Crippen LogP contribution in [0.5, 0.6) is 0 Å². The number of hydrogen-bond acceptors (Lipinski definition) is 6. The lowest BCUT2D eigenvalue weighted by molar-refractivity contribution is -0.138.